The summed E-state index contributed by atoms with van der Waals surface area (Å²) >= 11 is 0. The summed E-state index contributed by atoms with van der Waals surface area (Å²) in [5, 5.41) is 0. The Bertz CT molecular complexity index is 1990. The largest absolute Gasteiger partial charge is 0.416 e. The van der Waals surface area contributed by atoms with Gasteiger partial charge in [-0.15, -0.1) is 0 Å². The zero-order chi connectivity index (χ0) is 38.1. The van der Waals surface area contributed by atoms with Crippen LogP contribution in [0.3, 0.4) is 0 Å². The second-order valence-electron chi connectivity index (χ2n) is 14.0. The van der Waals surface area contributed by atoms with E-state index in [4.69, 9.17) is 0 Å². The molecule has 0 aliphatic carbocycles. The van der Waals surface area contributed by atoms with Crippen LogP contribution in [0.25, 0.3) is 17.3 Å². The van der Waals surface area contributed by atoms with Gasteiger partial charge in [0.1, 0.15) is 6.04 Å². The van der Waals surface area contributed by atoms with Crippen LogP contribution >= 0.6 is 0 Å². The molecule has 54 heavy (non-hydrogen) atoms. The molecule has 1 saturated heterocycles. The highest BCUT2D eigenvalue weighted by atomic mass is 19.4. The van der Waals surface area contributed by atoms with Crippen molar-refractivity contribution in [3.63, 3.8) is 0 Å². The first kappa shape index (κ1) is 38.2. The fourth-order valence-corrected chi connectivity index (χ4v) is 6.67. The fraction of sp³-hybridized carbons (Fsp3) is 0.267. The lowest BCUT2D eigenvalue weighted by Gasteiger charge is -2.39. The topological polar surface area (TPSA) is 56.8 Å². The Morgan fingerprint density at radius 2 is 1.41 bits per heavy atom. The predicted molar refractivity (Wildman–Crippen MR) is 207 cm³/mol. The van der Waals surface area contributed by atoms with E-state index in [0.717, 1.165) is 41.1 Å². The van der Waals surface area contributed by atoms with Gasteiger partial charge >= 0.3 is 6.18 Å². The standard InChI is InChI=1S/C45H45F3N4O2/c1-33(2)38-18-11-36(12-19-38)31-50-26-28-51(29-27-50)44(54)42(30-35-8-4-3-5-9-35)52(32-37-13-20-39(21-14-37)41-10-6-7-25-49-41)43(53)24-17-34-15-22-40(23-16-34)45(46,47)48/h3-25,33,42H,26-32H2,1-2H3. The molecule has 9 heteroatoms. The lowest BCUT2D eigenvalue weighted by Crippen LogP contribution is -2.56. The van der Waals surface area contributed by atoms with E-state index in [1.165, 1.54) is 35.4 Å². The second kappa shape index (κ2) is 17.5. The number of amides is 2. The third-order valence-electron chi connectivity index (χ3n) is 9.88. The molecule has 0 N–H and O–H groups in total. The molecule has 6 rings (SSSR count). The molecule has 0 saturated carbocycles. The van der Waals surface area contributed by atoms with Crippen LogP contribution < -0.4 is 0 Å². The highest BCUT2D eigenvalue weighted by Gasteiger charge is 2.34. The second-order valence-corrected chi connectivity index (χ2v) is 14.0. The Labute approximate surface area is 315 Å². The molecule has 278 valence electrons. The lowest BCUT2D eigenvalue weighted by molar-refractivity contribution is -0.145. The van der Waals surface area contributed by atoms with Crippen molar-refractivity contribution in [3.05, 3.63) is 167 Å². The van der Waals surface area contributed by atoms with Crippen molar-refractivity contribution >= 4 is 17.9 Å². The van der Waals surface area contributed by atoms with Crippen molar-refractivity contribution in [2.45, 2.75) is 51.5 Å². The van der Waals surface area contributed by atoms with Gasteiger partial charge in [-0.3, -0.25) is 19.5 Å². The molecule has 1 fully saturated rings. The minimum Gasteiger partial charge on any atom is -0.338 e. The summed E-state index contributed by atoms with van der Waals surface area (Å²) in [6.45, 7) is 7.75. The number of benzene rings is 4. The van der Waals surface area contributed by atoms with E-state index in [-0.39, 0.29) is 12.5 Å². The summed E-state index contributed by atoms with van der Waals surface area (Å²) < 4.78 is 39.6. The first-order valence-corrected chi connectivity index (χ1v) is 18.3. The Morgan fingerprint density at radius 3 is 2.02 bits per heavy atom. The first-order chi connectivity index (χ1) is 26.0. The van der Waals surface area contributed by atoms with E-state index in [0.29, 0.717) is 44.1 Å². The Balaban J connectivity index is 1.25. The van der Waals surface area contributed by atoms with Crippen LogP contribution in [0.5, 0.6) is 0 Å². The zero-order valence-corrected chi connectivity index (χ0v) is 30.6. The van der Waals surface area contributed by atoms with Gasteiger partial charge in [0.15, 0.2) is 0 Å². The number of carbonyl (C=O) groups is 2. The maximum atomic E-state index is 14.6. The van der Waals surface area contributed by atoms with Crippen LogP contribution in [0, 0.1) is 0 Å². The van der Waals surface area contributed by atoms with Gasteiger partial charge in [0.25, 0.3) is 0 Å². The molecule has 0 spiro atoms. The SMILES string of the molecule is CC(C)c1ccc(CN2CCN(C(=O)C(Cc3ccccc3)N(Cc3ccc(-c4ccccn4)cc3)C(=O)C=Cc3ccc(C(F)(F)F)cc3)CC2)cc1. The fourth-order valence-electron chi connectivity index (χ4n) is 6.67. The quantitative estimate of drug-likeness (QED) is 0.120. The van der Waals surface area contributed by atoms with Crippen molar-refractivity contribution in [1.82, 2.24) is 19.7 Å². The van der Waals surface area contributed by atoms with Gasteiger partial charge in [-0.05, 0) is 64.1 Å². The number of hydrogen-bond donors (Lipinski definition) is 0. The molecule has 0 bridgehead atoms. The van der Waals surface area contributed by atoms with E-state index in [9.17, 15) is 22.8 Å². The van der Waals surface area contributed by atoms with Gasteiger partial charge in [0.2, 0.25) is 11.8 Å². The third kappa shape index (κ3) is 10.1. The van der Waals surface area contributed by atoms with E-state index in [1.54, 1.807) is 11.1 Å². The number of hydrogen-bond acceptors (Lipinski definition) is 4. The minimum absolute atomic E-state index is 0.138. The summed E-state index contributed by atoms with van der Waals surface area (Å²) in [5.41, 5.74) is 5.68. The van der Waals surface area contributed by atoms with E-state index in [1.807, 2.05) is 77.7 Å². The summed E-state index contributed by atoms with van der Waals surface area (Å²) in [6, 6.07) is 35.6. The number of nitrogens with zero attached hydrogens (tertiary/aromatic N) is 4. The average Bonchev–Trinajstić information content (AvgIpc) is 3.19. The summed E-state index contributed by atoms with van der Waals surface area (Å²) in [5.74, 6) is -0.0854. The highest BCUT2D eigenvalue weighted by Crippen LogP contribution is 2.29. The van der Waals surface area contributed by atoms with Crippen LogP contribution in [-0.4, -0.2) is 63.7 Å². The number of piperazine rings is 1. The van der Waals surface area contributed by atoms with Gasteiger partial charge < -0.3 is 9.80 Å². The number of rotatable bonds is 12. The van der Waals surface area contributed by atoms with Crippen LogP contribution in [0.1, 0.15) is 53.1 Å². The van der Waals surface area contributed by atoms with Crippen LogP contribution in [0.4, 0.5) is 13.2 Å². The van der Waals surface area contributed by atoms with E-state index in [2.05, 4.69) is 48.0 Å². The smallest absolute Gasteiger partial charge is 0.338 e. The maximum absolute atomic E-state index is 14.6. The molecular weight excluding hydrogens is 686 g/mol. The normalized spacial score (nSPS) is 14.4. The van der Waals surface area contributed by atoms with Crippen molar-refractivity contribution in [2.24, 2.45) is 0 Å². The first-order valence-electron chi connectivity index (χ1n) is 18.3. The van der Waals surface area contributed by atoms with Gasteiger partial charge in [-0.2, -0.15) is 13.2 Å². The van der Waals surface area contributed by atoms with Gasteiger partial charge in [0.05, 0.1) is 11.3 Å². The number of aromatic nitrogens is 1. The Morgan fingerprint density at radius 1 is 0.759 bits per heavy atom. The summed E-state index contributed by atoms with van der Waals surface area (Å²) in [7, 11) is 0. The minimum atomic E-state index is -4.46. The van der Waals surface area contributed by atoms with Crippen LogP contribution in [0.15, 0.2) is 134 Å². The summed E-state index contributed by atoms with van der Waals surface area (Å²) in [6.07, 6.45) is 0.412. The molecule has 6 nitrogen and oxygen atoms in total. The van der Waals surface area contributed by atoms with Crippen LogP contribution in [0.2, 0.25) is 0 Å². The van der Waals surface area contributed by atoms with E-state index >= 15 is 0 Å². The predicted octanol–water partition coefficient (Wildman–Crippen LogP) is 8.89. The van der Waals surface area contributed by atoms with Gasteiger partial charge in [-0.25, -0.2) is 0 Å². The van der Waals surface area contributed by atoms with Crippen molar-refractivity contribution in [2.75, 3.05) is 26.2 Å². The molecule has 1 aliphatic heterocycles. The molecule has 1 aliphatic rings. The van der Waals surface area contributed by atoms with Crippen LogP contribution in [-0.2, 0) is 35.3 Å². The molecule has 2 amide bonds. The Hall–Kier alpha value is -5.54. The molecule has 4 aromatic carbocycles. The lowest BCUT2D eigenvalue weighted by atomic mass is 10.0. The molecule has 1 unspecified atom stereocenters. The van der Waals surface area contributed by atoms with E-state index < -0.39 is 23.7 Å². The number of alkyl halides is 3. The molecule has 1 atom stereocenters. The average molecular weight is 731 g/mol. The zero-order valence-electron chi connectivity index (χ0n) is 30.6. The molecule has 0 radical (unpaired) electrons. The Kier molecular flexibility index (Phi) is 12.4. The maximum Gasteiger partial charge on any atom is 0.416 e. The third-order valence-corrected chi connectivity index (χ3v) is 9.88. The number of pyridine rings is 1. The molecule has 5 aromatic rings. The molecule has 1 aromatic heterocycles. The molecule has 2 heterocycles. The van der Waals surface area contributed by atoms with Crippen molar-refractivity contribution in [1.29, 1.82) is 0 Å². The van der Waals surface area contributed by atoms with Crippen molar-refractivity contribution < 1.29 is 22.8 Å². The monoisotopic (exact) mass is 730 g/mol. The summed E-state index contributed by atoms with van der Waals surface area (Å²) in [4.78, 5) is 39.1. The van der Waals surface area contributed by atoms with Gasteiger partial charge in [0, 0.05) is 63.5 Å². The molecular formula is C45H45F3N4O2. The number of halogens is 3. The van der Waals surface area contributed by atoms with Gasteiger partial charge in [-0.1, -0.05) is 111 Å². The highest BCUT2D eigenvalue weighted by molar-refractivity contribution is 5.95. The number of carbonyl (C=O) groups excluding carboxylic acids is 2. The van der Waals surface area contributed by atoms with Crippen molar-refractivity contribution in [3.8, 4) is 11.3 Å².